The second-order valence-electron chi connectivity index (χ2n) is 4.41. The first-order valence-electron chi connectivity index (χ1n) is 6.27. The lowest BCUT2D eigenvalue weighted by Gasteiger charge is -2.10. The summed E-state index contributed by atoms with van der Waals surface area (Å²) >= 11 is 0. The van der Waals surface area contributed by atoms with Crippen molar-refractivity contribution < 1.29 is 19.0 Å². The first-order valence-corrected chi connectivity index (χ1v) is 6.27. The zero-order valence-corrected chi connectivity index (χ0v) is 11.4. The van der Waals surface area contributed by atoms with E-state index in [2.05, 4.69) is 15.4 Å². The van der Waals surface area contributed by atoms with Gasteiger partial charge in [-0.1, -0.05) is 0 Å². The average molecular weight is 302 g/mol. The number of ether oxygens (including phenoxy) is 1. The lowest BCUT2D eigenvalue weighted by atomic mass is 10.3. The van der Waals surface area contributed by atoms with Gasteiger partial charge in [-0.05, 0) is 24.3 Å². The van der Waals surface area contributed by atoms with E-state index in [1.54, 1.807) is 12.1 Å². The third-order valence-corrected chi connectivity index (χ3v) is 3.01. The largest absolute Gasteiger partial charge is 0.494 e. The molecule has 0 atom stereocenters. The van der Waals surface area contributed by atoms with Crippen molar-refractivity contribution in [1.29, 1.82) is 0 Å². The summed E-state index contributed by atoms with van der Waals surface area (Å²) in [5, 5.41) is 16.2. The number of rotatable bonds is 4. The number of hydrogen-bond donors (Lipinski definition) is 2. The number of imidazole rings is 1. The van der Waals surface area contributed by atoms with E-state index in [9.17, 15) is 9.18 Å². The molecule has 22 heavy (non-hydrogen) atoms. The molecule has 0 spiro atoms. The van der Waals surface area contributed by atoms with E-state index in [0.717, 1.165) is 0 Å². The highest BCUT2D eigenvalue weighted by molar-refractivity contribution is 5.86. The van der Waals surface area contributed by atoms with Crippen LogP contribution in [0.5, 0.6) is 5.75 Å². The number of halogens is 1. The summed E-state index contributed by atoms with van der Waals surface area (Å²) in [5.41, 5.74) is 0.867. The minimum absolute atomic E-state index is 0.0512. The zero-order chi connectivity index (χ0) is 15.7. The van der Waals surface area contributed by atoms with Gasteiger partial charge in [-0.15, -0.1) is 5.10 Å². The molecule has 8 heteroatoms. The van der Waals surface area contributed by atoms with Gasteiger partial charge in [0.2, 0.25) is 0 Å². The van der Waals surface area contributed by atoms with Crippen molar-refractivity contribution in [3.8, 4) is 5.75 Å². The number of carbonyl (C=O) groups is 1. The van der Waals surface area contributed by atoms with Gasteiger partial charge in [-0.25, -0.2) is 18.7 Å². The molecule has 0 aliphatic heterocycles. The Morgan fingerprint density at radius 3 is 2.91 bits per heavy atom. The van der Waals surface area contributed by atoms with Crippen molar-refractivity contribution >= 4 is 23.1 Å². The molecule has 0 bridgehead atoms. The number of methoxy groups -OCH3 is 1. The smallest absolute Gasteiger partial charge is 0.356 e. The molecule has 3 rings (SSSR count). The lowest BCUT2D eigenvalue weighted by Crippen LogP contribution is -2.06. The van der Waals surface area contributed by atoms with Gasteiger partial charge in [-0.2, -0.15) is 0 Å². The molecule has 0 aliphatic rings. The highest BCUT2D eigenvalue weighted by Gasteiger charge is 2.12. The maximum atomic E-state index is 13.2. The maximum absolute atomic E-state index is 13.2. The van der Waals surface area contributed by atoms with E-state index < -0.39 is 11.8 Å². The SMILES string of the molecule is COc1cc(F)ccc1Nc1ccc2ncc(C(=O)O)n2n1. The number of benzene rings is 1. The Hall–Kier alpha value is -3.16. The van der Waals surface area contributed by atoms with Crippen LogP contribution in [0, 0.1) is 5.82 Å². The van der Waals surface area contributed by atoms with Crippen LogP contribution in [0.3, 0.4) is 0 Å². The number of carboxylic acids is 1. The van der Waals surface area contributed by atoms with Gasteiger partial charge in [0.25, 0.3) is 0 Å². The summed E-state index contributed by atoms with van der Waals surface area (Å²) in [7, 11) is 1.43. The van der Waals surface area contributed by atoms with Crippen molar-refractivity contribution in [3.63, 3.8) is 0 Å². The predicted octanol–water partition coefficient (Wildman–Crippen LogP) is 2.32. The molecule has 0 radical (unpaired) electrons. The van der Waals surface area contributed by atoms with Crippen LogP contribution in [-0.2, 0) is 0 Å². The summed E-state index contributed by atoms with van der Waals surface area (Å²) in [5.74, 6) is -0.867. The van der Waals surface area contributed by atoms with Gasteiger partial charge >= 0.3 is 5.97 Å². The number of carboxylic acid groups (broad SMARTS) is 1. The van der Waals surface area contributed by atoms with Gasteiger partial charge < -0.3 is 15.2 Å². The first kappa shape index (κ1) is 13.8. The van der Waals surface area contributed by atoms with Crippen LogP contribution in [0.15, 0.2) is 36.5 Å². The fraction of sp³-hybridized carbons (Fsp3) is 0.0714. The Balaban J connectivity index is 2.00. The van der Waals surface area contributed by atoms with Crippen molar-refractivity contribution in [1.82, 2.24) is 14.6 Å². The molecule has 0 amide bonds. The number of aromatic nitrogens is 3. The molecule has 0 saturated heterocycles. The Morgan fingerprint density at radius 1 is 1.36 bits per heavy atom. The third kappa shape index (κ3) is 2.41. The van der Waals surface area contributed by atoms with Gasteiger partial charge in [-0.3, -0.25) is 0 Å². The van der Waals surface area contributed by atoms with Gasteiger partial charge in [0, 0.05) is 6.07 Å². The van der Waals surface area contributed by atoms with Crippen molar-refractivity contribution in [2.75, 3.05) is 12.4 Å². The first-order chi connectivity index (χ1) is 10.6. The van der Waals surface area contributed by atoms with Crippen LogP contribution in [0.4, 0.5) is 15.9 Å². The number of anilines is 2. The third-order valence-electron chi connectivity index (χ3n) is 3.01. The van der Waals surface area contributed by atoms with Crippen LogP contribution in [0.25, 0.3) is 5.65 Å². The summed E-state index contributed by atoms with van der Waals surface area (Å²) in [6.45, 7) is 0. The number of fused-ring (bicyclic) bond motifs is 1. The van der Waals surface area contributed by atoms with Crippen molar-refractivity contribution in [2.45, 2.75) is 0 Å². The minimum atomic E-state index is -1.13. The molecular formula is C14H11FN4O3. The molecule has 0 fully saturated rings. The Labute approximate surface area is 124 Å². The van der Waals surface area contributed by atoms with E-state index in [-0.39, 0.29) is 5.69 Å². The highest BCUT2D eigenvalue weighted by Crippen LogP contribution is 2.27. The Kier molecular flexibility index (Phi) is 3.34. The molecule has 0 saturated carbocycles. The van der Waals surface area contributed by atoms with Gasteiger partial charge in [0.05, 0.1) is 19.0 Å². The second-order valence-corrected chi connectivity index (χ2v) is 4.41. The van der Waals surface area contributed by atoms with E-state index in [4.69, 9.17) is 9.84 Å². The highest BCUT2D eigenvalue weighted by atomic mass is 19.1. The summed E-state index contributed by atoms with van der Waals surface area (Å²) in [6.07, 6.45) is 1.23. The second kappa shape index (κ2) is 5.32. The van der Waals surface area contributed by atoms with Crippen molar-refractivity contribution in [3.05, 3.63) is 48.0 Å². The van der Waals surface area contributed by atoms with Crippen LogP contribution in [0.2, 0.25) is 0 Å². The minimum Gasteiger partial charge on any atom is -0.494 e. The van der Waals surface area contributed by atoms with E-state index in [1.165, 1.54) is 36.0 Å². The van der Waals surface area contributed by atoms with Crippen LogP contribution < -0.4 is 10.1 Å². The molecule has 2 N–H and O–H groups in total. The summed E-state index contributed by atoms with van der Waals surface area (Å²) in [4.78, 5) is 15.1. The average Bonchev–Trinajstić information content (AvgIpc) is 2.92. The number of nitrogens with zero attached hydrogens (tertiary/aromatic N) is 3. The van der Waals surface area contributed by atoms with Crippen LogP contribution >= 0.6 is 0 Å². The lowest BCUT2D eigenvalue weighted by molar-refractivity contribution is 0.0688. The summed E-state index contributed by atoms with van der Waals surface area (Å²) in [6, 6.07) is 7.28. The number of hydrogen-bond acceptors (Lipinski definition) is 5. The number of aromatic carboxylic acids is 1. The number of nitrogens with one attached hydrogen (secondary N) is 1. The molecule has 112 valence electrons. The molecule has 2 aromatic heterocycles. The molecule has 1 aromatic carbocycles. The molecular weight excluding hydrogens is 291 g/mol. The maximum Gasteiger partial charge on any atom is 0.356 e. The quantitative estimate of drug-likeness (QED) is 0.769. The molecule has 3 aromatic rings. The Morgan fingerprint density at radius 2 is 2.18 bits per heavy atom. The van der Waals surface area contributed by atoms with E-state index in [0.29, 0.717) is 22.9 Å². The topological polar surface area (TPSA) is 88.8 Å². The predicted molar refractivity (Wildman–Crippen MR) is 76.2 cm³/mol. The van der Waals surface area contributed by atoms with E-state index >= 15 is 0 Å². The fourth-order valence-electron chi connectivity index (χ4n) is 1.99. The molecule has 7 nitrogen and oxygen atoms in total. The molecule has 0 unspecified atom stereocenters. The normalized spacial score (nSPS) is 10.6. The van der Waals surface area contributed by atoms with Crippen LogP contribution in [0.1, 0.15) is 10.5 Å². The van der Waals surface area contributed by atoms with Crippen LogP contribution in [-0.4, -0.2) is 32.8 Å². The standard InChI is InChI=1S/C14H11FN4O3/c1-22-11-6-8(15)2-3-9(11)17-12-4-5-13-16-7-10(14(20)21)19(13)18-12/h2-7H,1H3,(H,17,18)(H,20,21). The van der Waals surface area contributed by atoms with Crippen molar-refractivity contribution in [2.24, 2.45) is 0 Å². The fourth-order valence-corrected chi connectivity index (χ4v) is 1.99. The Bertz CT molecular complexity index is 862. The molecule has 2 heterocycles. The van der Waals surface area contributed by atoms with Gasteiger partial charge in [0.15, 0.2) is 17.2 Å². The molecule has 0 aliphatic carbocycles. The zero-order valence-electron chi connectivity index (χ0n) is 11.4. The van der Waals surface area contributed by atoms with E-state index in [1.807, 2.05) is 0 Å². The monoisotopic (exact) mass is 302 g/mol. The van der Waals surface area contributed by atoms with Gasteiger partial charge in [0.1, 0.15) is 11.6 Å². The summed E-state index contributed by atoms with van der Waals surface area (Å²) < 4.78 is 19.5.